The zero-order valence-electron chi connectivity index (χ0n) is 10.5. The lowest BCUT2D eigenvalue weighted by Crippen LogP contribution is -2.00. The zero-order valence-corrected chi connectivity index (χ0v) is 10.5. The van der Waals surface area contributed by atoms with Crippen molar-refractivity contribution < 1.29 is 4.74 Å². The predicted molar refractivity (Wildman–Crippen MR) is 74.1 cm³/mol. The molecule has 0 aliphatic carbocycles. The van der Waals surface area contributed by atoms with Gasteiger partial charge in [-0.1, -0.05) is 30.3 Å². The Bertz CT molecular complexity index is 721. The molecule has 2 rings (SSSR count). The van der Waals surface area contributed by atoms with E-state index < -0.39 is 0 Å². The Kier molecular flexibility index (Phi) is 4.01. The molecule has 2 aromatic carbocycles. The highest BCUT2D eigenvalue weighted by Gasteiger charge is 2.12. The maximum atomic E-state index is 9.16. The van der Waals surface area contributed by atoms with Crippen molar-refractivity contribution in [1.29, 1.82) is 10.5 Å². The number of nitriles is 2. The molecule has 95 valence electrons. The summed E-state index contributed by atoms with van der Waals surface area (Å²) in [6.45, 7) is 0. The standard InChI is InChI=1S/C16H10N3O/c17-10-14(15(19)11-18)13-8-4-5-9-16(13)20-12-6-2-1-3-7-12/h1-8H,19H2/b15-14+. The summed E-state index contributed by atoms with van der Waals surface area (Å²) in [6.07, 6.45) is 0. The van der Waals surface area contributed by atoms with E-state index in [-0.39, 0.29) is 11.3 Å². The summed E-state index contributed by atoms with van der Waals surface area (Å²) in [5.74, 6) is 0.970. The fourth-order valence-electron chi connectivity index (χ4n) is 1.63. The van der Waals surface area contributed by atoms with Crippen molar-refractivity contribution in [3.8, 4) is 23.6 Å². The number of benzene rings is 2. The van der Waals surface area contributed by atoms with Crippen LogP contribution in [0.2, 0.25) is 0 Å². The molecule has 0 spiro atoms. The number of nitrogens with two attached hydrogens (primary N) is 1. The number of allylic oxidation sites excluding steroid dienone is 2. The van der Waals surface area contributed by atoms with Crippen LogP contribution in [0, 0.1) is 28.7 Å². The first-order chi connectivity index (χ1) is 9.76. The van der Waals surface area contributed by atoms with Crippen LogP contribution in [-0.2, 0) is 0 Å². The maximum Gasteiger partial charge on any atom is 0.144 e. The first kappa shape index (κ1) is 13.2. The van der Waals surface area contributed by atoms with E-state index in [4.69, 9.17) is 21.0 Å². The number of ether oxygens (including phenoxy) is 1. The highest BCUT2D eigenvalue weighted by Crippen LogP contribution is 2.30. The summed E-state index contributed by atoms with van der Waals surface area (Å²) in [4.78, 5) is 0. The van der Waals surface area contributed by atoms with E-state index in [2.05, 4.69) is 6.07 Å². The van der Waals surface area contributed by atoms with Crippen molar-refractivity contribution in [2.45, 2.75) is 0 Å². The average molecular weight is 260 g/mol. The van der Waals surface area contributed by atoms with Crippen LogP contribution in [0.3, 0.4) is 0 Å². The van der Waals surface area contributed by atoms with E-state index in [1.165, 1.54) is 0 Å². The van der Waals surface area contributed by atoms with Gasteiger partial charge in [0.15, 0.2) is 0 Å². The van der Waals surface area contributed by atoms with Crippen molar-refractivity contribution in [2.75, 3.05) is 0 Å². The zero-order chi connectivity index (χ0) is 14.4. The van der Waals surface area contributed by atoms with Crippen LogP contribution < -0.4 is 10.5 Å². The number of hydrogen-bond acceptors (Lipinski definition) is 4. The van der Waals surface area contributed by atoms with Crippen LogP contribution in [0.4, 0.5) is 0 Å². The van der Waals surface area contributed by atoms with Gasteiger partial charge in [0.2, 0.25) is 0 Å². The largest absolute Gasteiger partial charge is 0.456 e. The summed E-state index contributed by atoms with van der Waals surface area (Å²) in [6, 6.07) is 20.8. The van der Waals surface area contributed by atoms with Crippen LogP contribution >= 0.6 is 0 Å². The molecule has 0 aromatic heterocycles. The topological polar surface area (TPSA) is 82.8 Å². The molecule has 1 radical (unpaired) electrons. The summed E-state index contributed by atoms with van der Waals surface area (Å²) >= 11 is 0. The normalized spacial score (nSPS) is 10.9. The van der Waals surface area contributed by atoms with E-state index in [0.717, 1.165) is 0 Å². The summed E-state index contributed by atoms with van der Waals surface area (Å²) in [5, 5.41) is 18.0. The Balaban J connectivity index is 2.48. The summed E-state index contributed by atoms with van der Waals surface area (Å²) < 4.78 is 5.68. The second kappa shape index (κ2) is 6.08. The molecular formula is C16H10N3O. The average Bonchev–Trinajstić information content (AvgIpc) is 2.50. The molecule has 4 heteroatoms. The number of nitrogens with zero attached hydrogens (tertiary/aromatic N) is 2. The van der Waals surface area contributed by atoms with Crippen LogP contribution in [0.5, 0.6) is 11.5 Å². The van der Waals surface area contributed by atoms with Gasteiger partial charge in [-0.05, 0) is 18.2 Å². The van der Waals surface area contributed by atoms with Gasteiger partial charge in [0, 0.05) is 11.6 Å². The van der Waals surface area contributed by atoms with Crippen molar-refractivity contribution in [3.63, 3.8) is 0 Å². The monoisotopic (exact) mass is 260 g/mol. The Hall–Kier alpha value is -3.24. The molecule has 0 heterocycles. The third kappa shape index (κ3) is 2.77. The van der Waals surface area contributed by atoms with Crippen LogP contribution in [0.15, 0.2) is 54.2 Å². The lowest BCUT2D eigenvalue weighted by atomic mass is 10.0. The molecular weight excluding hydrogens is 250 g/mol. The van der Waals surface area contributed by atoms with Gasteiger partial charge in [-0.15, -0.1) is 0 Å². The van der Waals surface area contributed by atoms with E-state index in [0.29, 0.717) is 17.1 Å². The lowest BCUT2D eigenvalue weighted by Gasteiger charge is -2.10. The lowest BCUT2D eigenvalue weighted by molar-refractivity contribution is 0.480. The molecule has 4 nitrogen and oxygen atoms in total. The third-order valence-electron chi connectivity index (χ3n) is 2.55. The van der Waals surface area contributed by atoms with Crippen molar-refractivity contribution >= 4 is 5.57 Å². The van der Waals surface area contributed by atoms with Gasteiger partial charge in [0.25, 0.3) is 0 Å². The summed E-state index contributed by atoms with van der Waals surface area (Å²) in [5.41, 5.74) is 5.92. The summed E-state index contributed by atoms with van der Waals surface area (Å²) in [7, 11) is 0. The van der Waals surface area contributed by atoms with Crippen molar-refractivity contribution in [1.82, 2.24) is 0 Å². The molecule has 0 atom stereocenters. The van der Waals surface area contributed by atoms with E-state index in [1.807, 2.05) is 24.3 Å². The quantitative estimate of drug-likeness (QED) is 0.860. The van der Waals surface area contributed by atoms with Gasteiger partial charge >= 0.3 is 0 Å². The Morgan fingerprint density at radius 1 is 1.05 bits per heavy atom. The van der Waals surface area contributed by atoms with Gasteiger partial charge in [-0.3, -0.25) is 0 Å². The van der Waals surface area contributed by atoms with E-state index in [1.54, 1.807) is 36.4 Å². The second-order valence-corrected chi connectivity index (χ2v) is 3.84. The molecule has 0 saturated heterocycles. The van der Waals surface area contributed by atoms with Crippen LogP contribution in [0.1, 0.15) is 5.56 Å². The highest BCUT2D eigenvalue weighted by molar-refractivity contribution is 5.83. The second-order valence-electron chi connectivity index (χ2n) is 3.84. The van der Waals surface area contributed by atoms with Gasteiger partial charge in [0.1, 0.15) is 29.3 Å². The molecule has 0 bridgehead atoms. The van der Waals surface area contributed by atoms with Gasteiger partial charge < -0.3 is 10.5 Å². The SMILES string of the molecule is N#C/C(N)=C(/C#N)c1ccc[c]c1Oc1ccccc1. The van der Waals surface area contributed by atoms with Gasteiger partial charge in [-0.2, -0.15) is 10.5 Å². The van der Waals surface area contributed by atoms with Gasteiger partial charge in [0.05, 0.1) is 5.57 Å². The van der Waals surface area contributed by atoms with E-state index in [9.17, 15) is 0 Å². The smallest absolute Gasteiger partial charge is 0.144 e. The van der Waals surface area contributed by atoms with Crippen LogP contribution in [-0.4, -0.2) is 0 Å². The fraction of sp³-hybridized carbons (Fsp3) is 0. The molecule has 0 aliphatic rings. The minimum Gasteiger partial charge on any atom is -0.456 e. The Morgan fingerprint density at radius 3 is 2.45 bits per heavy atom. The molecule has 2 aromatic rings. The minimum absolute atomic E-state index is 0.0790. The van der Waals surface area contributed by atoms with Crippen LogP contribution in [0.25, 0.3) is 5.57 Å². The molecule has 0 fully saturated rings. The molecule has 0 amide bonds. The third-order valence-corrected chi connectivity index (χ3v) is 2.55. The predicted octanol–water partition coefficient (Wildman–Crippen LogP) is 3.00. The maximum absolute atomic E-state index is 9.16. The van der Waals surface area contributed by atoms with E-state index >= 15 is 0 Å². The number of hydrogen-bond donors (Lipinski definition) is 1. The first-order valence-corrected chi connectivity index (χ1v) is 5.80. The Morgan fingerprint density at radius 2 is 1.80 bits per heavy atom. The molecule has 0 aliphatic heterocycles. The minimum atomic E-state index is -0.148. The first-order valence-electron chi connectivity index (χ1n) is 5.80. The van der Waals surface area contributed by atoms with Gasteiger partial charge in [-0.25, -0.2) is 0 Å². The molecule has 0 unspecified atom stereocenters. The number of rotatable bonds is 3. The molecule has 0 saturated carbocycles. The molecule has 20 heavy (non-hydrogen) atoms. The fourth-order valence-corrected chi connectivity index (χ4v) is 1.63. The van der Waals surface area contributed by atoms with Crippen molar-refractivity contribution in [2.24, 2.45) is 5.73 Å². The molecule has 2 N–H and O–H groups in total. The highest BCUT2D eigenvalue weighted by atomic mass is 16.5. The van der Waals surface area contributed by atoms with Crippen molar-refractivity contribution in [3.05, 3.63) is 65.9 Å². The Labute approximate surface area is 116 Å². The number of para-hydroxylation sites is 2.